The van der Waals surface area contributed by atoms with E-state index < -0.39 is 0 Å². The van der Waals surface area contributed by atoms with Gasteiger partial charge in [-0.05, 0) is 30.4 Å². The van der Waals surface area contributed by atoms with Crippen LogP contribution in [0.2, 0.25) is 0 Å². The third-order valence-corrected chi connectivity index (χ3v) is 4.59. The second-order valence-electron chi connectivity index (χ2n) is 6.30. The molecule has 1 aliphatic carbocycles. The molecule has 22 heavy (non-hydrogen) atoms. The number of hydrogen-bond donors (Lipinski definition) is 2. The fourth-order valence-corrected chi connectivity index (χ4v) is 3.24. The van der Waals surface area contributed by atoms with Crippen molar-refractivity contribution in [1.82, 2.24) is 10.2 Å². The Kier molecular flexibility index (Phi) is 4.90. The zero-order chi connectivity index (χ0) is 15.4. The van der Waals surface area contributed by atoms with Crippen LogP contribution in [0, 0.1) is 5.92 Å². The van der Waals surface area contributed by atoms with Gasteiger partial charge in [0.25, 0.3) is 0 Å². The molecule has 2 aliphatic rings. The lowest BCUT2D eigenvalue weighted by atomic mass is 10.0. The summed E-state index contributed by atoms with van der Waals surface area (Å²) in [5.74, 6) is 0.261. The number of benzene rings is 1. The number of nitrogens with zero attached hydrogens (tertiary/aromatic N) is 1. The van der Waals surface area contributed by atoms with Crippen LogP contribution in [-0.2, 0) is 17.9 Å². The number of rotatable bonds is 5. The molecule has 1 fully saturated rings. The molecule has 0 radical (unpaired) electrons. The zero-order valence-corrected chi connectivity index (χ0v) is 12.9. The Morgan fingerprint density at radius 2 is 1.95 bits per heavy atom. The molecule has 1 aliphatic heterocycles. The molecule has 0 aromatic heterocycles. The average molecular weight is 300 g/mol. The molecule has 1 saturated heterocycles. The smallest absolute Gasteiger partial charge is 0.224 e. The minimum absolute atomic E-state index is 0.112. The summed E-state index contributed by atoms with van der Waals surface area (Å²) in [6.45, 7) is 3.11. The summed E-state index contributed by atoms with van der Waals surface area (Å²) < 4.78 is 0. The van der Waals surface area contributed by atoms with Crippen LogP contribution in [0.3, 0.4) is 0 Å². The normalized spacial score (nSPS) is 22.3. The van der Waals surface area contributed by atoms with Crippen molar-refractivity contribution >= 4 is 5.91 Å². The van der Waals surface area contributed by atoms with Crippen LogP contribution >= 0.6 is 0 Å². The highest BCUT2D eigenvalue weighted by Crippen LogP contribution is 2.19. The van der Waals surface area contributed by atoms with Gasteiger partial charge in [-0.1, -0.05) is 36.4 Å². The molecular weight excluding hydrogens is 276 g/mol. The van der Waals surface area contributed by atoms with Gasteiger partial charge < -0.3 is 10.4 Å². The molecule has 1 aromatic rings. The van der Waals surface area contributed by atoms with E-state index in [2.05, 4.69) is 34.5 Å². The fourth-order valence-electron chi connectivity index (χ4n) is 3.24. The standard InChI is InChI=1S/C18H24N2O2/c21-17-9-10-20(13-17)12-16-8-4-3-7-15(16)11-19-18(22)14-5-1-2-6-14/h1-4,7-8,14,17,21H,5-6,9-13H2,(H,19,22)/t17-/m0/s1. The number of aliphatic hydroxyl groups excluding tert-OH is 1. The number of allylic oxidation sites excluding steroid dienone is 2. The number of carbonyl (C=O) groups excluding carboxylic acids is 1. The maximum absolute atomic E-state index is 12.1. The molecule has 1 aromatic carbocycles. The first kappa shape index (κ1) is 15.3. The maximum atomic E-state index is 12.1. The molecule has 2 N–H and O–H groups in total. The second-order valence-corrected chi connectivity index (χ2v) is 6.30. The summed E-state index contributed by atoms with van der Waals surface area (Å²) in [4.78, 5) is 14.4. The van der Waals surface area contributed by atoms with E-state index in [1.807, 2.05) is 12.1 Å². The molecule has 4 nitrogen and oxygen atoms in total. The quantitative estimate of drug-likeness (QED) is 0.816. The molecule has 3 rings (SSSR count). The van der Waals surface area contributed by atoms with Gasteiger partial charge in [0, 0.05) is 32.1 Å². The first-order chi connectivity index (χ1) is 10.7. The molecular formula is C18H24N2O2. The monoisotopic (exact) mass is 300 g/mol. The van der Waals surface area contributed by atoms with Crippen LogP contribution in [-0.4, -0.2) is 35.1 Å². The molecule has 1 heterocycles. The van der Waals surface area contributed by atoms with Crippen molar-refractivity contribution in [1.29, 1.82) is 0 Å². The van der Waals surface area contributed by atoms with Gasteiger partial charge in [0.05, 0.1) is 6.10 Å². The zero-order valence-electron chi connectivity index (χ0n) is 12.9. The molecule has 0 bridgehead atoms. The SMILES string of the molecule is O=C(NCc1ccccc1CN1CC[C@H](O)C1)C1CC=CC1. The molecule has 0 saturated carbocycles. The summed E-state index contributed by atoms with van der Waals surface area (Å²) in [5, 5.41) is 12.7. The Morgan fingerprint density at radius 3 is 2.64 bits per heavy atom. The van der Waals surface area contributed by atoms with Gasteiger partial charge in [0.15, 0.2) is 0 Å². The van der Waals surface area contributed by atoms with Crippen LogP contribution in [0.25, 0.3) is 0 Å². The van der Waals surface area contributed by atoms with Gasteiger partial charge in [0.1, 0.15) is 0 Å². The number of β-amino-alcohol motifs (C(OH)–C–C–N with tert-alkyl or cyclic N) is 1. The van der Waals surface area contributed by atoms with E-state index in [4.69, 9.17) is 0 Å². The third-order valence-electron chi connectivity index (χ3n) is 4.59. The minimum atomic E-state index is -0.193. The first-order valence-corrected chi connectivity index (χ1v) is 8.12. The lowest BCUT2D eigenvalue weighted by Gasteiger charge is -2.18. The van der Waals surface area contributed by atoms with Crippen LogP contribution in [0.15, 0.2) is 36.4 Å². The van der Waals surface area contributed by atoms with Crippen LogP contribution < -0.4 is 5.32 Å². The van der Waals surface area contributed by atoms with E-state index in [1.54, 1.807) is 0 Å². The highest BCUT2D eigenvalue weighted by molar-refractivity contribution is 5.79. The Labute approximate surface area is 131 Å². The largest absolute Gasteiger partial charge is 0.392 e. The van der Waals surface area contributed by atoms with Gasteiger partial charge in [-0.3, -0.25) is 9.69 Å². The predicted octanol–water partition coefficient (Wildman–Crippen LogP) is 1.84. The lowest BCUT2D eigenvalue weighted by Crippen LogP contribution is -2.30. The Balaban J connectivity index is 1.57. The van der Waals surface area contributed by atoms with E-state index in [1.165, 1.54) is 11.1 Å². The number of carbonyl (C=O) groups is 1. The van der Waals surface area contributed by atoms with Gasteiger partial charge in [-0.25, -0.2) is 0 Å². The summed E-state index contributed by atoms with van der Waals surface area (Å²) >= 11 is 0. The van der Waals surface area contributed by atoms with Crippen molar-refractivity contribution in [3.8, 4) is 0 Å². The highest BCUT2D eigenvalue weighted by atomic mass is 16.3. The maximum Gasteiger partial charge on any atom is 0.224 e. The third kappa shape index (κ3) is 3.76. The van der Waals surface area contributed by atoms with Crippen LogP contribution in [0.1, 0.15) is 30.4 Å². The molecule has 118 valence electrons. The van der Waals surface area contributed by atoms with Crippen molar-refractivity contribution in [2.45, 2.75) is 38.5 Å². The first-order valence-electron chi connectivity index (χ1n) is 8.12. The number of amides is 1. The van der Waals surface area contributed by atoms with Crippen molar-refractivity contribution in [2.75, 3.05) is 13.1 Å². The number of likely N-dealkylation sites (tertiary alicyclic amines) is 1. The molecule has 0 spiro atoms. The van der Waals surface area contributed by atoms with Gasteiger partial charge in [0.2, 0.25) is 5.91 Å². The second kappa shape index (κ2) is 7.07. The van der Waals surface area contributed by atoms with Crippen molar-refractivity contribution < 1.29 is 9.90 Å². The van der Waals surface area contributed by atoms with Gasteiger partial charge in [-0.2, -0.15) is 0 Å². The van der Waals surface area contributed by atoms with E-state index in [0.717, 1.165) is 38.9 Å². The van der Waals surface area contributed by atoms with Crippen LogP contribution in [0.4, 0.5) is 0 Å². The molecule has 4 heteroatoms. The van der Waals surface area contributed by atoms with Crippen molar-refractivity contribution in [2.24, 2.45) is 5.92 Å². The van der Waals surface area contributed by atoms with E-state index in [9.17, 15) is 9.90 Å². The van der Waals surface area contributed by atoms with Crippen LogP contribution in [0.5, 0.6) is 0 Å². The van der Waals surface area contributed by atoms with E-state index >= 15 is 0 Å². The van der Waals surface area contributed by atoms with Gasteiger partial charge in [-0.15, -0.1) is 0 Å². The molecule has 0 unspecified atom stereocenters. The number of nitrogens with one attached hydrogen (secondary N) is 1. The van der Waals surface area contributed by atoms with E-state index in [-0.39, 0.29) is 17.9 Å². The molecule has 1 amide bonds. The minimum Gasteiger partial charge on any atom is -0.392 e. The topological polar surface area (TPSA) is 52.6 Å². The van der Waals surface area contributed by atoms with E-state index in [0.29, 0.717) is 6.54 Å². The summed E-state index contributed by atoms with van der Waals surface area (Å²) in [6.07, 6.45) is 6.54. The summed E-state index contributed by atoms with van der Waals surface area (Å²) in [6, 6.07) is 8.24. The van der Waals surface area contributed by atoms with Crippen molar-refractivity contribution in [3.63, 3.8) is 0 Å². The Hall–Kier alpha value is -1.65. The summed E-state index contributed by atoms with van der Waals surface area (Å²) in [5.41, 5.74) is 2.41. The number of aliphatic hydroxyl groups is 1. The fraction of sp³-hybridized carbons (Fsp3) is 0.500. The Bertz CT molecular complexity index is 548. The summed E-state index contributed by atoms with van der Waals surface area (Å²) in [7, 11) is 0. The predicted molar refractivity (Wildman–Crippen MR) is 86.1 cm³/mol. The average Bonchev–Trinajstić information content (AvgIpc) is 3.18. The van der Waals surface area contributed by atoms with Crippen molar-refractivity contribution in [3.05, 3.63) is 47.5 Å². The molecule has 1 atom stereocenters. The highest BCUT2D eigenvalue weighted by Gasteiger charge is 2.21. The van der Waals surface area contributed by atoms with Gasteiger partial charge >= 0.3 is 0 Å². The number of hydrogen-bond acceptors (Lipinski definition) is 3. The lowest BCUT2D eigenvalue weighted by molar-refractivity contribution is -0.124. The Morgan fingerprint density at radius 1 is 1.23 bits per heavy atom.